The molecule has 9 aromatic carbocycles. The highest BCUT2D eigenvalue weighted by Crippen LogP contribution is 2.59. The van der Waals surface area contributed by atoms with Crippen molar-refractivity contribution in [1.29, 1.82) is 0 Å². The third kappa shape index (κ3) is 5.69. The Hall–Kier alpha value is -6.64. The van der Waals surface area contributed by atoms with E-state index in [1.807, 2.05) is 0 Å². The molecule has 0 heterocycles. The van der Waals surface area contributed by atoms with E-state index in [0.29, 0.717) is 0 Å². The Morgan fingerprint density at radius 2 is 0.797 bits per heavy atom. The van der Waals surface area contributed by atoms with Gasteiger partial charge in [0.2, 0.25) is 0 Å². The zero-order valence-electron chi connectivity index (χ0n) is 35.4. The van der Waals surface area contributed by atoms with E-state index in [0.717, 1.165) is 17.1 Å². The number of hydrogen-bond donors (Lipinski definition) is 0. The predicted molar refractivity (Wildman–Crippen MR) is 254 cm³/mol. The van der Waals surface area contributed by atoms with Gasteiger partial charge in [0.05, 0.1) is 5.69 Å². The summed E-state index contributed by atoms with van der Waals surface area (Å²) in [6, 6.07) is 59.0. The molecule has 0 fully saturated rings. The van der Waals surface area contributed by atoms with Crippen LogP contribution in [0.5, 0.6) is 0 Å². The van der Waals surface area contributed by atoms with Crippen molar-refractivity contribution in [2.24, 2.45) is 0 Å². The van der Waals surface area contributed by atoms with Gasteiger partial charge in [-0.2, -0.15) is 0 Å². The van der Waals surface area contributed by atoms with Gasteiger partial charge in [0.25, 0.3) is 0 Å². The normalized spacial score (nSPS) is 12.9. The van der Waals surface area contributed by atoms with E-state index in [1.54, 1.807) is 0 Å². The summed E-state index contributed by atoms with van der Waals surface area (Å²) >= 11 is 0. The Labute approximate surface area is 349 Å². The van der Waals surface area contributed by atoms with Gasteiger partial charge in [-0.3, -0.25) is 0 Å². The molecule has 2 nitrogen and oxygen atoms in total. The van der Waals surface area contributed by atoms with Crippen molar-refractivity contribution in [2.75, 3.05) is 9.80 Å². The highest BCUT2D eigenvalue weighted by molar-refractivity contribution is 6.21. The van der Waals surface area contributed by atoms with Crippen molar-refractivity contribution in [2.45, 2.75) is 60.8 Å². The second-order valence-corrected chi connectivity index (χ2v) is 17.3. The van der Waals surface area contributed by atoms with Crippen LogP contribution < -0.4 is 9.80 Å². The largest absolute Gasteiger partial charge is 0.310 e. The molecule has 0 spiro atoms. The van der Waals surface area contributed by atoms with Crippen LogP contribution in [0.3, 0.4) is 0 Å². The van der Waals surface area contributed by atoms with Crippen LogP contribution in [-0.2, 0) is 5.41 Å². The molecule has 0 radical (unpaired) electrons. The topological polar surface area (TPSA) is 6.48 Å². The molecule has 9 aromatic rings. The first kappa shape index (κ1) is 36.7. The molecule has 0 aliphatic heterocycles. The molecular formula is C57H50N2. The van der Waals surface area contributed by atoms with Gasteiger partial charge >= 0.3 is 0 Å². The number of hydrogen-bond acceptors (Lipinski definition) is 2. The molecule has 59 heavy (non-hydrogen) atoms. The number of aryl methyl sites for hydroxylation is 4. The third-order valence-electron chi connectivity index (χ3n) is 13.4. The standard InChI is InChI=1S/C57H50N2/c1-35-29-44(30-36(2)39(35)5)58(41-19-11-9-12-20-41)43-27-28-50-51(33-43)46-23-15-17-25-48(46)54-52-34-53(47-24-16-18-26-49(47)55(52)57(7,8)56(50)54)59(42-21-13-10-14-22-42)45-31-37(3)40(6)38(4)32-45/h9-34H,1-8H3. The molecule has 0 saturated carbocycles. The fourth-order valence-electron chi connectivity index (χ4n) is 10.1. The maximum absolute atomic E-state index is 2.51. The van der Waals surface area contributed by atoms with Gasteiger partial charge in [-0.15, -0.1) is 0 Å². The van der Waals surface area contributed by atoms with Gasteiger partial charge in [0.1, 0.15) is 0 Å². The first-order chi connectivity index (χ1) is 28.5. The van der Waals surface area contributed by atoms with Crippen molar-refractivity contribution in [3.05, 3.63) is 202 Å². The number of rotatable bonds is 6. The molecular weight excluding hydrogens is 713 g/mol. The van der Waals surface area contributed by atoms with Crippen LogP contribution in [0.1, 0.15) is 58.4 Å². The molecule has 0 N–H and O–H groups in total. The molecule has 1 aliphatic carbocycles. The van der Waals surface area contributed by atoms with Gasteiger partial charge in [-0.1, -0.05) is 105 Å². The Balaban J connectivity index is 1.27. The molecule has 0 atom stereocenters. The summed E-state index contributed by atoms with van der Waals surface area (Å²) in [5.74, 6) is 0. The fraction of sp³-hybridized carbons (Fsp3) is 0.158. The monoisotopic (exact) mass is 762 g/mol. The van der Waals surface area contributed by atoms with Gasteiger partial charge in [0, 0.05) is 39.2 Å². The second kappa shape index (κ2) is 13.7. The highest BCUT2D eigenvalue weighted by Gasteiger charge is 2.41. The number of nitrogens with zero attached hydrogens (tertiary/aromatic N) is 2. The maximum Gasteiger partial charge on any atom is 0.0546 e. The van der Waals surface area contributed by atoms with Crippen molar-refractivity contribution in [1.82, 2.24) is 0 Å². The Bertz CT molecular complexity index is 3090. The number of anilines is 6. The lowest BCUT2D eigenvalue weighted by Gasteiger charge is -2.30. The molecule has 2 heteroatoms. The summed E-state index contributed by atoms with van der Waals surface area (Å²) in [6.07, 6.45) is 0. The van der Waals surface area contributed by atoms with Crippen LogP contribution in [0.15, 0.2) is 158 Å². The molecule has 1 aliphatic rings. The predicted octanol–water partition coefficient (Wildman–Crippen LogP) is 16.2. The van der Waals surface area contributed by atoms with Gasteiger partial charge < -0.3 is 9.80 Å². The second-order valence-electron chi connectivity index (χ2n) is 17.3. The van der Waals surface area contributed by atoms with Gasteiger partial charge in [-0.25, -0.2) is 0 Å². The van der Waals surface area contributed by atoms with E-state index in [9.17, 15) is 0 Å². The van der Waals surface area contributed by atoms with Crippen molar-refractivity contribution in [3.63, 3.8) is 0 Å². The smallest absolute Gasteiger partial charge is 0.0546 e. The molecule has 0 unspecified atom stereocenters. The molecule has 0 aromatic heterocycles. The van der Waals surface area contributed by atoms with E-state index in [1.165, 1.54) is 105 Å². The quantitative estimate of drug-likeness (QED) is 0.156. The summed E-state index contributed by atoms with van der Waals surface area (Å²) in [5.41, 5.74) is 20.1. The SMILES string of the molecule is Cc1cc(N(c2ccccc2)c2ccc3c4c(c5ccccc5c3c2)-c2cc(N(c3ccccc3)c3cc(C)c(C)c(C)c3)c3ccccc3c2C4(C)C)cc(C)c1C. The fourth-order valence-corrected chi connectivity index (χ4v) is 10.1. The number of benzene rings is 9. The van der Waals surface area contributed by atoms with E-state index in [4.69, 9.17) is 0 Å². The molecule has 0 bridgehead atoms. The Morgan fingerprint density at radius 1 is 0.339 bits per heavy atom. The first-order valence-electron chi connectivity index (χ1n) is 20.9. The average molecular weight is 763 g/mol. The summed E-state index contributed by atoms with van der Waals surface area (Å²) in [5, 5.41) is 7.71. The van der Waals surface area contributed by atoms with E-state index in [2.05, 4.69) is 223 Å². The van der Waals surface area contributed by atoms with Crippen LogP contribution in [0.2, 0.25) is 0 Å². The lowest BCUT2D eigenvalue weighted by molar-refractivity contribution is 0.672. The maximum atomic E-state index is 2.51. The zero-order valence-corrected chi connectivity index (χ0v) is 35.4. The van der Waals surface area contributed by atoms with E-state index in [-0.39, 0.29) is 5.41 Å². The van der Waals surface area contributed by atoms with Crippen LogP contribution >= 0.6 is 0 Å². The lowest BCUT2D eigenvalue weighted by Crippen LogP contribution is -2.17. The molecule has 0 amide bonds. The van der Waals surface area contributed by atoms with Crippen molar-refractivity contribution < 1.29 is 0 Å². The minimum atomic E-state index is -0.272. The third-order valence-corrected chi connectivity index (χ3v) is 13.4. The minimum absolute atomic E-state index is 0.272. The van der Waals surface area contributed by atoms with E-state index >= 15 is 0 Å². The van der Waals surface area contributed by atoms with Crippen LogP contribution in [0.25, 0.3) is 43.4 Å². The van der Waals surface area contributed by atoms with Gasteiger partial charge in [0.15, 0.2) is 0 Å². The Morgan fingerprint density at radius 3 is 1.37 bits per heavy atom. The van der Waals surface area contributed by atoms with Crippen molar-refractivity contribution in [3.8, 4) is 11.1 Å². The van der Waals surface area contributed by atoms with Crippen LogP contribution in [-0.4, -0.2) is 0 Å². The summed E-state index contributed by atoms with van der Waals surface area (Å²) in [6.45, 7) is 18.3. The Kier molecular flexibility index (Phi) is 8.54. The summed E-state index contributed by atoms with van der Waals surface area (Å²) in [4.78, 5) is 4.91. The van der Waals surface area contributed by atoms with Crippen LogP contribution in [0, 0.1) is 41.5 Å². The van der Waals surface area contributed by atoms with Crippen LogP contribution in [0.4, 0.5) is 34.1 Å². The van der Waals surface area contributed by atoms with E-state index < -0.39 is 0 Å². The highest BCUT2D eigenvalue weighted by atomic mass is 15.1. The van der Waals surface area contributed by atoms with Crippen molar-refractivity contribution >= 4 is 66.4 Å². The number of fused-ring (bicyclic) bond motifs is 10. The zero-order chi connectivity index (χ0) is 40.7. The minimum Gasteiger partial charge on any atom is -0.310 e. The molecule has 288 valence electrons. The molecule has 0 saturated heterocycles. The first-order valence-corrected chi connectivity index (χ1v) is 20.9. The summed E-state index contributed by atoms with van der Waals surface area (Å²) < 4.78 is 0. The lowest BCUT2D eigenvalue weighted by atomic mass is 9.77. The number of para-hydroxylation sites is 2. The van der Waals surface area contributed by atoms with Gasteiger partial charge in [-0.05, 0) is 191 Å². The average Bonchev–Trinajstić information content (AvgIpc) is 3.49. The summed E-state index contributed by atoms with van der Waals surface area (Å²) in [7, 11) is 0. The molecule has 10 rings (SSSR count).